The Balaban J connectivity index is 2.05. The van der Waals surface area contributed by atoms with Crippen LogP contribution < -0.4 is 10.6 Å². The highest BCUT2D eigenvalue weighted by molar-refractivity contribution is 6.02. The van der Waals surface area contributed by atoms with Crippen LogP contribution in [0, 0.1) is 37.5 Å². The van der Waals surface area contributed by atoms with E-state index in [2.05, 4.69) is 10.6 Å². The Morgan fingerprint density at radius 1 is 1.16 bits per heavy atom. The Labute approximate surface area is 190 Å². The molecule has 3 N–H and O–H groups in total. The third-order valence-corrected chi connectivity index (χ3v) is 7.06. The number of allylic oxidation sites excluding steroid dienone is 1. The van der Waals surface area contributed by atoms with Gasteiger partial charge in [-0.1, -0.05) is 38.1 Å². The summed E-state index contributed by atoms with van der Waals surface area (Å²) in [5, 5.41) is 15.7. The van der Waals surface area contributed by atoms with Crippen molar-refractivity contribution in [3.63, 3.8) is 0 Å². The minimum atomic E-state index is -0.786. The molecule has 0 spiro atoms. The van der Waals surface area contributed by atoms with Crippen LogP contribution in [0.25, 0.3) is 0 Å². The van der Waals surface area contributed by atoms with Gasteiger partial charge >= 0.3 is 0 Å². The van der Waals surface area contributed by atoms with E-state index in [9.17, 15) is 19.5 Å². The van der Waals surface area contributed by atoms with E-state index < -0.39 is 29.8 Å². The molecular weight excluding hydrogens is 406 g/mol. The predicted octanol–water partition coefficient (Wildman–Crippen LogP) is 2.41. The largest absolute Gasteiger partial charge is 0.394 e. The molecule has 6 atom stereocenters. The minimum absolute atomic E-state index is 0.0722. The van der Waals surface area contributed by atoms with Crippen LogP contribution in [-0.4, -0.2) is 53.5 Å². The first-order chi connectivity index (χ1) is 15.3. The number of anilines is 1. The predicted molar refractivity (Wildman–Crippen MR) is 124 cm³/mol. The lowest BCUT2D eigenvalue weighted by molar-refractivity contribution is -0.142. The van der Waals surface area contributed by atoms with Crippen LogP contribution in [0.3, 0.4) is 0 Å². The van der Waals surface area contributed by atoms with E-state index in [1.54, 1.807) is 7.05 Å². The number of hydrogen-bond donors (Lipinski definition) is 3. The first-order valence-electron chi connectivity index (χ1n) is 11.5. The van der Waals surface area contributed by atoms with Crippen molar-refractivity contribution in [2.45, 2.75) is 52.6 Å². The summed E-state index contributed by atoms with van der Waals surface area (Å²) in [6, 6.07) is 4.56. The van der Waals surface area contributed by atoms with Gasteiger partial charge in [0.15, 0.2) is 0 Å². The maximum absolute atomic E-state index is 13.7. The number of aryl methyl sites for hydroxylation is 2. The average molecular weight is 442 g/mol. The summed E-state index contributed by atoms with van der Waals surface area (Å²) in [4.78, 5) is 41.7. The smallest absolute Gasteiger partial charge is 0.247 e. The topological polar surface area (TPSA) is 98.7 Å². The second-order valence-electron chi connectivity index (χ2n) is 8.94. The number of likely N-dealkylation sites (tertiary alicyclic amines) is 1. The number of carbonyl (C=O) groups is 3. The van der Waals surface area contributed by atoms with Crippen molar-refractivity contribution in [3.8, 4) is 0 Å². The molecule has 7 nitrogen and oxygen atoms in total. The number of nitrogens with one attached hydrogen (secondary N) is 2. The summed E-state index contributed by atoms with van der Waals surface area (Å²) < 4.78 is 0. The van der Waals surface area contributed by atoms with Gasteiger partial charge in [-0.3, -0.25) is 14.4 Å². The fraction of sp³-hybridized carbons (Fsp3) is 0.560. The zero-order valence-electron chi connectivity index (χ0n) is 19.6. The molecule has 0 saturated carbocycles. The Kier molecular flexibility index (Phi) is 7.39. The molecule has 1 saturated heterocycles. The fourth-order valence-electron chi connectivity index (χ4n) is 5.24. The summed E-state index contributed by atoms with van der Waals surface area (Å²) in [5.41, 5.74) is 2.66. The van der Waals surface area contributed by atoms with Gasteiger partial charge < -0.3 is 20.6 Å². The first kappa shape index (κ1) is 24.0. The van der Waals surface area contributed by atoms with E-state index in [0.29, 0.717) is 12.1 Å². The van der Waals surface area contributed by atoms with E-state index in [1.165, 1.54) is 4.90 Å². The summed E-state index contributed by atoms with van der Waals surface area (Å²) in [6.45, 7) is 7.52. The van der Waals surface area contributed by atoms with Crippen LogP contribution in [0.15, 0.2) is 30.4 Å². The number of fused-ring (bicyclic) bond motifs is 1. The van der Waals surface area contributed by atoms with E-state index in [4.69, 9.17) is 0 Å². The molecular formula is C25H35N3O4. The highest BCUT2D eigenvalue weighted by Crippen LogP contribution is 2.46. The lowest BCUT2D eigenvalue weighted by Crippen LogP contribution is -2.50. The van der Waals surface area contributed by atoms with Crippen LogP contribution in [0.4, 0.5) is 5.69 Å². The number of nitrogens with zero attached hydrogens (tertiary/aromatic N) is 1. The average Bonchev–Trinajstić information content (AvgIpc) is 3.08. The zero-order valence-corrected chi connectivity index (χ0v) is 19.6. The molecule has 1 aliphatic heterocycles. The van der Waals surface area contributed by atoms with Crippen LogP contribution in [0.1, 0.15) is 37.8 Å². The highest BCUT2D eigenvalue weighted by Gasteiger charge is 2.58. The standard InChI is InChI=1S/C25H35N3O4/c1-6-16-10-11-18-21(20(16)23(30)26-5)25(32)28(17(7-2)13-29)22(18)24(31)27-19-12-14(3)8-9-15(19)4/h8-12,16-18,20-22,29H,6-7,13H2,1-5H3,(H,26,30)(H,27,31)/t16-,17+,18+,20-,21+,22+/m1/s1. The van der Waals surface area contributed by atoms with E-state index >= 15 is 0 Å². The van der Waals surface area contributed by atoms with Gasteiger partial charge in [0.25, 0.3) is 0 Å². The highest BCUT2D eigenvalue weighted by atomic mass is 16.3. The summed E-state index contributed by atoms with van der Waals surface area (Å²) >= 11 is 0. The second-order valence-corrected chi connectivity index (χ2v) is 8.94. The lowest BCUT2D eigenvalue weighted by Gasteiger charge is -2.34. The minimum Gasteiger partial charge on any atom is -0.394 e. The monoisotopic (exact) mass is 441 g/mol. The van der Waals surface area contributed by atoms with Crippen LogP contribution in [0.5, 0.6) is 0 Å². The number of rotatable bonds is 7. The molecule has 32 heavy (non-hydrogen) atoms. The van der Waals surface area contributed by atoms with Crippen molar-refractivity contribution >= 4 is 23.4 Å². The quantitative estimate of drug-likeness (QED) is 0.566. The van der Waals surface area contributed by atoms with Crippen molar-refractivity contribution < 1.29 is 19.5 Å². The maximum Gasteiger partial charge on any atom is 0.247 e. The van der Waals surface area contributed by atoms with Crippen LogP contribution in [-0.2, 0) is 14.4 Å². The van der Waals surface area contributed by atoms with Crippen molar-refractivity contribution in [2.75, 3.05) is 19.0 Å². The first-order valence-corrected chi connectivity index (χ1v) is 11.5. The van der Waals surface area contributed by atoms with Crippen LogP contribution in [0.2, 0.25) is 0 Å². The van der Waals surface area contributed by atoms with Crippen LogP contribution >= 0.6 is 0 Å². The van der Waals surface area contributed by atoms with Gasteiger partial charge in [-0.15, -0.1) is 0 Å². The van der Waals surface area contributed by atoms with Crippen molar-refractivity contribution in [1.29, 1.82) is 0 Å². The number of hydrogen-bond acceptors (Lipinski definition) is 4. The van der Waals surface area contributed by atoms with Gasteiger partial charge in [-0.25, -0.2) is 0 Å². The van der Waals surface area contributed by atoms with Gasteiger partial charge in [-0.05, 0) is 49.8 Å². The third kappa shape index (κ3) is 4.18. The normalized spacial score (nSPS) is 27.8. The number of aliphatic hydroxyl groups excluding tert-OH is 1. The molecule has 1 fully saturated rings. The van der Waals surface area contributed by atoms with E-state index in [-0.39, 0.29) is 30.2 Å². The molecule has 3 amide bonds. The third-order valence-electron chi connectivity index (χ3n) is 7.06. The number of aliphatic hydroxyl groups is 1. The molecule has 1 aliphatic carbocycles. The van der Waals surface area contributed by atoms with Gasteiger partial charge in [0.1, 0.15) is 6.04 Å². The SMILES string of the molecule is CC[C@@H](CO)N1C(=O)[C@H]2[C@H](C=C[C@@H](CC)[C@H]2C(=O)NC)[C@H]1C(=O)Nc1cc(C)ccc1C. The van der Waals surface area contributed by atoms with Gasteiger partial charge in [0.05, 0.1) is 24.5 Å². The fourth-order valence-corrected chi connectivity index (χ4v) is 5.24. The second kappa shape index (κ2) is 9.86. The van der Waals surface area contributed by atoms with E-state index in [1.807, 2.05) is 58.0 Å². The number of carbonyl (C=O) groups excluding carboxylic acids is 3. The summed E-state index contributed by atoms with van der Waals surface area (Å²) in [6.07, 6.45) is 5.16. The molecule has 0 radical (unpaired) electrons. The Morgan fingerprint density at radius 3 is 2.47 bits per heavy atom. The summed E-state index contributed by atoms with van der Waals surface area (Å²) in [7, 11) is 1.58. The molecule has 7 heteroatoms. The molecule has 1 aromatic carbocycles. The zero-order chi connectivity index (χ0) is 23.6. The molecule has 3 rings (SSSR count). The van der Waals surface area contributed by atoms with Crippen molar-refractivity contribution in [1.82, 2.24) is 10.2 Å². The van der Waals surface area contributed by atoms with Gasteiger partial charge in [-0.2, -0.15) is 0 Å². The molecule has 0 aromatic heterocycles. The van der Waals surface area contributed by atoms with Crippen molar-refractivity contribution in [2.24, 2.45) is 23.7 Å². The Morgan fingerprint density at radius 2 is 1.88 bits per heavy atom. The molecule has 1 heterocycles. The van der Waals surface area contributed by atoms with E-state index in [0.717, 1.165) is 17.5 Å². The molecule has 0 bridgehead atoms. The number of benzene rings is 1. The molecule has 1 aromatic rings. The van der Waals surface area contributed by atoms with Gasteiger partial charge in [0.2, 0.25) is 17.7 Å². The molecule has 2 aliphatic rings. The van der Waals surface area contributed by atoms with Crippen molar-refractivity contribution in [3.05, 3.63) is 41.5 Å². The summed E-state index contributed by atoms with van der Waals surface area (Å²) in [5.74, 6) is -2.37. The Bertz CT molecular complexity index is 908. The number of amides is 3. The lowest BCUT2D eigenvalue weighted by atomic mass is 9.69. The van der Waals surface area contributed by atoms with Gasteiger partial charge in [0, 0.05) is 18.7 Å². The Hall–Kier alpha value is -2.67. The molecule has 174 valence electrons. The molecule has 0 unspecified atom stereocenters. The maximum atomic E-state index is 13.7.